The number of aliphatic carboxylic acids is 1. The van der Waals surface area contributed by atoms with Gasteiger partial charge in [-0.25, -0.2) is 0 Å². The van der Waals surface area contributed by atoms with Gasteiger partial charge in [0, 0.05) is 28.4 Å². The molecule has 0 aliphatic heterocycles. The minimum Gasteiger partial charge on any atom is -0.481 e. The first-order valence-electron chi connectivity index (χ1n) is 3.28. The molecule has 0 bridgehead atoms. The lowest BCUT2D eigenvalue weighted by atomic mass is 9.75. The normalized spacial score (nSPS) is 21.7. The molecule has 0 atom stereocenters. The number of rotatable bonds is 3. The average Bonchev–Trinajstić information content (AvgIpc) is 1.78. The predicted molar refractivity (Wildman–Crippen MR) is 46.0 cm³/mol. The molecule has 0 unspecified atom stereocenters. The fourth-order valence-electron chi connectivity index (χ4n) is 1.20. The van der Waals surface area contributed by atoms with E-state index in [4.69, 9.17) is 5.11 Å². The summed E-state index contributed by atoms with van der Waals surface area (Å²) in [6.07, 6.45) is 3.42. The van der Waals surface area contributed by atoms with E-state index in [1.165, 1.54) is 0 Å². The number of hydrogen-bond acceptors (Lipinski definition) is 2. The summed E-state index contributed by atoms with van der Waals surface area (Å²) in [6, 6.07) is 0. The van der Waals surface area contributed by atoms with Crippen molar-refractivity contribution >= 4 is 28.8 Å². The van der Waals surface area contributed by atoms with Crippen molar-refractivity contribution in [1.29, 1.82) is 0 Å². The van der Waals surface area contributed by atoms with Crippen LogP contribution in [0.25, 0.3) is 0 Å². The van der Waals surface area contributed by atoms with E-state index in [0.717, 1.165) is 19.3 Å². The zero-order valence-electron chi connectivity index (χ0n) is 5.56. The Kier molecular flexibility index (Phi) is 2.51. The second-order valence-corrected chi connectivity index (χ2v) is 3.34. The van der Waals surface area contributed by atoms with E-state index in [9.17, 15) is 4.79 Å². The van der Waals surface area contributed by atoms with Crippen molar-refractivity contribution in [2.45, 2.75) is 31.2 Å². The van der Waals surface area contributed by atoms with Crippen molar-refractivity contribution < 1.29 is 9.90 Å². The molecule has 0 aromatic rings. The highest BCUT2D eigenvalue weighted by Crippen LogP contribution is 2.35. The van der Waals surface area contributed by atoms with Crippen LogP contribution in [0.1, 0.15) is 25.7 Å². The standard InChI is InChI=1S/C6H10INO2/c7-8-6(2-1-3-6)4-5(9)10/h8H,1-4H2,(H,9,10). The average molecular weight is 255 g/mol. The molecule has 1 fully saturated rings. The monoisotopic (exact) mass is 255 g/mol. The molecule has 0 aromatic heterocycles. The van der Waals surface area contributed by atoms with Crippen LogP contribution < -0.4 is 3.53 Å². The summed E-state index contributed by atoms with van der Waals surface area (Å²) in [5.74, 6) is -0.705. The molecule has 10 heavy (non-hydrogen) atoms. The van der Waals surface area contributed by atoms with Crippen LogP contribution in [0.3, 0.4) is 0 Å². The van der Waals surface area contributed by atoms with Gasteiger partial charge in [0.1, 0.15) is 0 Å². The van der Waals surface area contributed by atoms with Gasteiger partial charge in [0.05, 0.1) is 6.42 Å². The molecule has 0 heterocycles. The third-order valence-corrected chi connectivity index (χ3v) is 3.14. The molecule has 1 aliphatic carbocycles. The zero-order valence-corrected chi connectivity index (χ0v) is 7.72. The molecule has 0 radical (unpaired) electrons. The first kappa shape index (κ1) is 8.26. The van der Waals surface area contributed by atoms with E-state index in [0.29, 0.717) is 0 Å². The van der Waals surface area contributed by atoms with E-state index in [1.807, 2.05) is 22.9 Å². The summed E-state index contributed by atoms with van der Waals surface area (Å²) in [7, 11) is 0. The minimum atomic E-state index is -0.705. The van der Waals surface area contributed by atoms with Gasteiger partial charge in [0.2, 0.25) is 0 Å². The molecule has 0 spiro atoms. The van der Waals surface area contributed by atoms with Crippen molar-refractivity contribution in [2.75, 3.05) is 0 Å². The van der Waals surface area contributed by atoms with Crippen molar-refractivity contribution in [1.82, 2.24) is 3.53 Å². The Bertz CT molecular complexity index is 139. The molecule has 1 rings (SSSR count). The van der Waals surface area contributed by atoms with Gasteiger partial charge in [-0.05, 0) is 19.3 Å². The second-order valence-electron chi connectivity index (χ2n) is 2.80. The molecule has 1 aliphatic rings. The quantitative estimate of drug-likeness (QED) is 0.590. The van der Waals surface area contributed by atoms with Crippen molar-refractivity contribution in [3.8, 4) is 0 Å². The van der Waals surface area contributed by atoms with Crippen LogP contribution in [0.15, 0.2) is 0 Å². The van der Waals surface area contributed by atoms with E-state index < -0.39 is 5.97 Å². The van der Waals surface area contributed by atoms with Crippen LogP contribution in [0.2, 0.25) is 0 Å². The second kappa shape index (κ2) is 3.04. The maximum atomic E-state index is 10.3. The number of halogens is 1. The van der Waals surface area contributed by atoms with Crippen molar-refractivity contribution in [2.24, 2.45) is 0 Å². The van der Waals surface area contributed by atoms with Gasteiger partial charge in [0.25, 0.3) is 0 Å². The smallest absolute Gasteiger partial charge is 0.305 e. The van der Waals surface area contributed by atoms with Gasteiger partial charge in [0.15, 0.2) is 0 Å². The summed E-state index contributed by atoms with van der Waals surface area (Å²) in [5.41, 5.74) is -0.0770. The van der Waals surface area contributed by atoms with E-state index >= 15 is 0 Å². The van der Waals surface area contributed by atoms with Gasteiger partial charge < -0.3 is 5.11 Å². The Labute approximate surface area is 73.7 Å². The van der Waals surface area contributed by atoms with Crippen LogP contribution >= 0.6 is 22.9 Å². The summed E-state index contributed by atoms with van der Waals surface area (Å²) >= 11 is 2.04. The lowest BCUT2D eigenvalue weighted by molar-refractivity contribution is -0.139. The Morgan fingerprint density at radius 1 is 1.70 bits per heavy atom. The summed E-state index contributed by atoms with van der Waals surface area (Å²) < 4.78 is 3.04. The number of carboxylic acids is 1. The highest BCUT2D eigenvalue weighted by molar-refractivity contribution is 14.1. The largest absolute Gasteiger partial charge is 0.481 e. The lowest BCUT2D eigenvalue weighted by Crippen LogP contribution is -2.47. The van der Waals surface area contributed by atoms with Gasteiger partial charge in [-0.15, -0.1) is 0 Å². The van der Waals surface area contributed by atoms with Gasteiger partial charge in [-0.3, -0.25) is 8.32 Å². The number of nitrogens with one attached hydrogen (secondary N) is 1. The summed E-state index contributed by atoms with van der Waals surface area (Å²) in [6.45, 7) is 0. The van der Waals surface area contributed by atoms with Crippen molar-refractivity contribution in [3.05, 3.63) is 0 Å². The molecular formula is C6H10INO2. The summed E-state index contributed by atoms with van der Waals surface area (Å²) in [5, 5.41) is 8.50. The highest BCUT2D eigenvalue weighted by Gasteiger charge is 2.37. The Morgan fingerprint density at radius 2 is 2.30 bits per heavy atom. The first-order chi connectivity index (χ1) is 4.68. The molecule has 0 saturated heterocycles. The number of carboxylic acid groups (broad SMARTS) is 1. The molecule has 0 amide bonds. The Balaban J connectivity index is 2.40. The predicted octanol–water partition coefficient (Wildman–Crippen LogP) is 1.32. The van der Waals surface area contributed by atoms with Crippen LogP contribution in [-0.2, 0) is 4.79 Å². The van der Waals surface area contributed by atoms with Crippen LogP contribution in [-0.4, -0.2) is 16.6 Å². The van der Waals surface area contributed by atoms with Crippen LogP contribution in [0, 0.1) is 0 Å². The van der Waals surface area contributed by atoms with E-state index in [2.05, 4.69) is 3.53 Å². The molecular weight excluding hydrogens is 245 g/mol. The lowest BCUT2D eigenvalue weighted by Gasteiger charge is -2.39. The van der Waals surface area contributed by atoms with Gasteiger partial charge in [-0.1, -0.05) is 0 Å². The molecule has 3 nitrogen and oxygen atoms in total. The van der Waals surface area contributed by atoms with E-state index in [-0.39, 0.29) is 12.0 Å². The number of hydrogen-bond donors (Lipinski definition) is 2. The maximum Gasteiger partial charge on any atom is 0.305 e. The molecule has 58 valence electrons. The first-order valence-corrected chi connectivity index (χ1v) is 4.36. The Morgan fingerprint density at radius 3 is 2.40 bits per heavy atom. The molecule has 0 aromatic carbocycles. The van der Waals surface area contributed by atoms with Crippen LogP contribution in [0.5, 0.6) is 0 Å². The fraction of sp³-hybridized carbons (Fsp3) is 0.833. The maximum absolute atomic E-state index is 10.3. The molecule has 4 heteroatoms. The van der Waals surface area contributed by atoms with Gasteiger partial charge in [-0.2, -0.15) is 0 Å². The Hall–Kier alpha value is 0.160. The van der Waals surface area contributed by atoms with E-state index in [1.54, 1.807) is 0 Å². The molecule has 1 saturated carbocycles. The number of carbonyl (C=O) groups is 1. The molecule has 2 N–H and O–H groups in total. The summed E-state index contributed by atoms with van der Waals surface area (Å²) in [4.78, 5) is 10.3. The third kappa shape index (κ3) is 1.60. The topological polar surface area (TPSA) is 49.3 Å². The van der Waals surface area contributed by atoms with Gasteiger partial charge >= 0.3 is 5.97 Å². The fourth-order valence-corrected chi connectivity index (χ4v) is 1.93. The minimum absolute atomic E-state index is 0.0770. The third-order valence-electron chi connectivity index (χ3n) is 2.00. The highest BCUT2D eigenvalue weighted by atomic mass is 127. The van der Waals surface area contributed by atoms with Crippen molar-refractivity contribution in [3.63, 3.8) is 0 Å². The zero-order chi connectivity index (χ0) is 7.61. The SMILES string of the molecule is O=C(O)CC1(NI)CCC1. The van der Waals surface area contributed by atoms with Crippen LogP contribution in [0.4, 0.5) is 0 Å².